The van der Waals surface area contributed by atoms with E-state index in [-0.39, 0.29) is 30.6 Å². The van der Waals surface area contributed by atoms with Crippen molar-refractivity contribution in [2.75, 3.05) is 19.8 Å². The van der Waals surface area contributed by atoms with Gasteiger partial charge in [-0.05, 0) is 12.8 Å². The molecule has 5 nitrogen and oxygen atoms in total. The number of ether oxygens (including phenoxy) is 1. The van der Waals surface area contributed by atoms with Crippen molar-refractivity contribution in [3.05, 3.63) is 0 Å². The van der Waals surface area contributed by atoms with Crippen LogP contribution in [0.15, 0.2) is 0 Å². The molecular weight excluding hydrogens is 220 g/mol. The molecule has 1 aliphatic heterocycles. The quantitative estimate of drug-likeness (QED) is 0.728. The number of hydrogen-bond acceptors (Lipinski definition) is 4. The van der Waals surface area contributed by atoms with Crippen LogP contribution in [0.3, 0.4) is 0 Å². The van der Waals surface area contributed by atoms with Crippen molar-refractivity contribution in [1.82, 2.24) is 4.90 Å². The Kier molecular flexibility index (Phi) is 5.36. The largest absolute Gasteiger partial charge is 0.394 e. The zero-order valence-corrected chi connectivity index (χ0v) is 10.9. The van der Waals surface area contributed by atoms with Crippen LogP contribution in [0.5, 0.6) is 0 Å². The van der Waals surface area contributed by atoms with E-state index in [1.54, 1.807) is 4.90 Å². The van der Waals surface area contributed by atoms with E-state index in [0.717, 1.165) is 6.42 Å². The number of rotatable bonds is 4. The topological polar surface area (TPSA) is 75.8 Å². The number of carbonyl (C=O) groups excluding carboxylic acids is 1. The number of aliphatic hydroxyl groups is 1. The van der Waals surface area contributed by atoms with Gasteiger partial charge in [-0.1, -0.05) is 20.3 Å². The normalized spacial score (nSPS) is 28.9. The maximum absolute atomic E-state index is 12.2. The Balaban J connectivity index is 2.65. The van der Waals surface area contributed by atoms with E-state index >= 15 is 0 Å². The summed E-state index contributed by atoms with van der Waals surface area (Å²) < 4.78 is 5.40. The highest BCUT2D eigenvalue weighted by atomic mass is 16.5. The van der Waals surface area contributed by atoms with Gasteiger partial charge in [0.2, 0.25) is 5.91 Å². The molecule has 1 rings (SSSR count). The molecule has 17 heavy (non-hydrogen) atoms. The van der Waals surface area contributed by atoms with Gasteiger partial charge in [0.05, 0.1) is 31.4 Å². The van der Waals surface area contributed by atoms with Crippen molar-refractivity contribution in [2.24, 2.45) is 11.7 Å². The maximum atomic E-state index is 12.2. The summed E-state index contributed by atoms with van der Waals surface area (Å²) in [6.07, 6.45) is 0.606. The third-order valence-electron chi connectivity index (χ3n) is 3.53. The van der Waals surface area contributed by atoms with E-state index < -0.39 is 6.04 Å². The molecule has 0 aromatic heterocycles. The molecule has 0 radical (unpaired) electrons. The third-order valence-corrected chi connectivity index (χ3v) is 3.53. The first-order valence-electron chi connectivity index (χ1n) is 6.29. The summed E-state index contributed by atoms with van der Waals surface area (Å²) in [6, 6.07) is -0.430. The molecule has 1 fully saturated rings. The number of aliphatic hydroxyl groups excluding tert-OH is 1. The first-order chi connectivity index (χ1) is 8.01. The fourth-order valence-electron chi connectivity index (χ4n) is 1.92. The molecule has 0 aromatic carbocycles. The predicted molar refractivity (Wildman–Crippen MR) is 65.4 cm³/mol. The molecule has 0 bridgehead atoms. The highest BCUT2D eigenvalue weighted by Gasteiger charge is 2.33. The lowest BCUT2D eigenvalue weighted by atomic mass is 9.98. The zero-order chi connectivity index (χ0) is 13.0. The van der Waals surface area contributed by atoms with E-state index in [1.807, 2.05) is 20.8 Å². The molecule has 1 saturated heterocycles. The molecule has 1 amide bonds. The van der Waals surface area contributed by atoms with E-state index in [4.69, 9.17) is 15.6 Å². The van der Waals surface area contributed by atoms with Crippen LogP contribution >= 0.6 is 0 Å². The molecule has 0 saturated carbocycles. The lowest BCUT2D eigenvalue weighted by Crippen LogP contribution is -2.57. The van der Waals surface area contributed by atoms with Crippen LogP contribution in [-0.4, -0.2) is 53.9 Å². The van der Waals surface area contributed by atoms with Gasteiger partial charge in [0, 0.05) is 6.54 Å². The van der Waals surface area contributed by atoms with Crippen LogP contribution in [0.4, 0.5) is 0 Å². The first kappa shape index (κ1) is 14.4. The average Bonchev–Trinajstić information content (AvgIpc) is 2.36. The number of carbonyl (C=O) groups is 1. The highest BCUT2D eigenvalue weighted by Crippen LogP contribution is 2.16. The van der Waals surface area contributed by atoms with Crippen molar-refractivity contribution >= 4 is 5.91 Å². The number of amides is 1. The van der Waals surface area contributed by atoms with Gasteiger partial charge in [-0.3, -0.25) is 4.79 Å². The van der Waals surface area contributed by atoms with Crippen molar-refractivity contribution in [1.29, 1.82) is 0 Å². The molecule has 0 aliphatic carbocycles. The van der Waals surface area contributed by atoms with Gasteiger partial charge < -0.3 is 20.5 Å². The van der Waals surface area contributed by atoms with Crippen LogP contribution in [0.2, 0.25) is 0 Å². The van der Waals surface area contributed by atoms with Gasteiger partial charge in [-0.2, -0.15) is 0 Å². The average molecular weight is 244 g/mol. The number of morpholine rings is 1. The molecule has 3 N–H and O–H groups in total. The Hall–Kier alpha value is -0.650. The third kappa shape index (κ3) is 3.40. The second-order valence-corrected chi connectivity index (χ2v) is 4.89. The van der Waals surface area contributed by atoms with Gasteiger partial charge in [0.1, 0.15) is 0 Å². The lowest BCUT2D eigenvalue weighted by Gasteiger charge is -2.39. The predicted octanol–water partition coefficient (Wildman–Crippen LogP) is -0.0320. The smallest absolute Gasteiger partial charge is 0.240 e. The van der Waals surface area contributed by atoms with E-state index in [1.165, 1.54) is 0 Å². The standard InChI is InChI=1S/C12H24N2O3/c1-4-8(2)11(13)12(16)14-5-10(6-15)17-7-9(14)3/h8-11,15H,4-7,13H2,1-3H3. The second kappa shape index (κ2) is 6.33. The van der Waals surface area contributed by atoms with Crippen molar-refractivity contribution in [3.63, 3.8) is 0 Å². The molecule has 5 heteroatoms. The Morgan fingerprint density at radius 1 is 1.65 bits per heavy atom. The van der Waals surface area contributed by atoms with Gasteiger partial charge in [-0.15, -0.1) is 0 Å². The Bertz CT molecular complexity index is 260. The first-order valence-corrected chi connectivity index (χ1v) is 6.29. The summed E-state index contributed by atoms with van der Waals surface area (Å²) in [5, 5.41) is 9.08. The fraction of sp³-hybridized carbons (Fsp3) is 0.917. The fourth-order valence-corrected chi connectivity index (χ4v) is 1.92. The summed E-state index contributed by atoms with van der Waals surface area (Å²) >= 11 is 0. The SMILES string of the molecule is CCC(C)C(N)C(=O)N1CC(CO)OCC1C. The van der Waals surface area contributed by atoms with Gasteiger partial charge in [0.15, 0.2) is 0 Å². The molecule has 0 aromatic rings. The maximum Gasteiger partial charge on any atom is 0.240 e. The van der Waals surface area contributed by atoms with Crippen molar-refractivity contribution < 1.29 is 14.6 Å². The van der Waals surface area contributed by atoms with Crippen LogP contribution in [-0.2, 0) is 9.53 Å². The van der Waals surface area contributed by atoms with Crippen molar-refractivity contribution in [3.8, 4) is 0 Å². The molecule has 0 spiro atoms. The molecule has 4 unspecified atom stereocenters. The van der Waals surface area contributed by atoms with Gasteiger partial charge in [-0.25, -0.2) is 0 Å². The van der Waals surface area contributed by atoms with Gasteiger partial charge in [0.25, 0.3) is 0 Å². The monoisotopic (exact) mass is 244 g/mol. The minimum Gasteiger partial charge on any atom is -0.394 e. The van der Waals surface area contributed by atoms with Crippen LogP contribution in [0.1, 0.15) is 27.2 Å². The molecule has 1 aliphatic rings. The zero-order valence-electron chi connectivity index (χ0n) is 10.9. The van der Waals surface area contributed by atoms with Crippen molar-refractivity contribution in [2.45, 2.75) is 45.4 Å². The minimum atomic E-state index is -0.458. The summed E-state index contributed by atoms with van der Waals surface area (Å²) in [5.41, 5.74) is 5.96. The van der Waals surface area contributed by atoms with Crippen LogP contribution in [0, 0.1) is 5.92 Å². The minimum absolute atomic E-state index is 0.0282. The van der Waals surface area contributed by atoms with E-state index in [0.29, 0.717) is 13.2 Å². The number of hydrogen-bond donors (Lipinski definition) is 2. The van der Waals surface area contributed by atoms with Crippen LogP contribution in [0.25, 0.3) is 0 Å². The number of nitrogens with two attached hydrogens (primary N) is 1. The Labute approximate surface area is 103 Å². The molecule has 100 valence electrons. The molecular formula is C12H24N2O3. The van der Waals surface area contributed by atoms with Crippen LogP contribution < -0.4 is 5.73 Å². The Morgan fingerprint density at radius 2 is 2.29 bits per heavy atom. The van der Waals surface area contributed by atoms with Gasteiger partial charge >= 0.3 is 0 Å². The highest BCUT2D eigenvalue weighted by molar-refractivity contribution is 5.82. The summed E-state index contributed by atoms with van der Waals surface area (Å²) in [7, 11) is 0. The summed E-state index contributed by atoms with van der Waals surface area (Å²) in [5.74, 6) is 0.138. The number of nitrogens with zero attached hydrogens (tertiary/aromatic N) is 1. The lowest BCUT2D eigenvalue weighted by molar-refractivity contribution is -0.148. The summed E-state index contributed by atoms with van der Waals surface area (Å²) in [4.78, 5) is 14.0. The van der Waals surface area contributed by atoms with E-state index in [9.17, 15) is 4.79 Å². The Morgan fingerprint density at radius 3 is 2.82 bits per heavy atom. The molecule has 4 atom stereocenters. The van der Waals surface area contributed by atoms with E-state index in [2.05, 4.69) is 0 Å². The molecule has 1 heterocycles. The second-order valence-electron chi connectivity index (χ2n) is 4.89. The summed E-state index contributed by atoms with van der Waals surface area (Å²) in [6.45, 7) is 6.78.